The van der Waals surface area contributed by atoms with E-state index in [1.165, 1.54) is 0 Å². The first-order chi connectivity index (χ1) is 12.5. The van der Waals surface area contributed by atoms with Crippen LogP contribution in [0, 0.1) is 0 Å². The van der Waals surface area contributed by atoms with Gasteiger partial charge >= 0.3 is 5.63 Å². The summed E-state index contributed by atoms with van der Waals surface area (Å²) in [4.78, 5) is 25.6. The SMILES string of the molecule is C=C(C)C(=O)N1CCC(Oc2ccc3c(CCC)cc(=O)oc3c2)CC1. The fraction of sp³-hybridized carbons (Fsp3) is 0.429. The van der Waals surface area contributed by atoms with Crippen molar-refractivity contribution in [2.75, 3.05) is 13.1 Å². The van der Waals surface area contributed by atoms with Gasteiger partial charge in [-0.05, 0) is 31.0 Å². The van der Waals surface area contributed by atoms with Crippen LogP contribution in [0.3, 0.4) is 0 Å². The maximum Gasteiger partial charge on any atom is 0.336 e. The summed E-state index contributed by atoms with van der Waals surface area (Å²) in [5, 5.41) is 0.959. The summed E-state index contributed by atoms with van der Waals surface area (Å²) < 4.78 is 11.4. The molecule has 0 spiro atoms. The van der Waals surface area contributed by atoms with E-state index in [9.17, 15) is 9.59 Å². The Bertz CT molecular complexity index is 875. The highest BCUT2D eigenvalue weighted by Crippen LogP contribution is 2.26. The first-order valence-corrected chi connectivity index (χ1v) is 9.16. The highest BCUT2D eigenvalue weighted by atomic mass is 16.5. The maximum atomic E-state index is 12.0. The molecule has 1 fully saturated rings. The molecule has 3 rings (SSSR count). The minimum absolute atomic E-state index is 0.0133. The van der Waals surface area contributed by atoms with Crippen LogP contribution in [0.2, 0.25) is 0 Å². The second kappa shape index (κ2) is 7.77. The van der Waals surface area contributed by atoms with Crippen molar-refractivity contribution >= 4 is 16.9 Å². The number of benzene rings is 1. The Morgan fingerprint density at radius 2 is 2.04 bits per heavy atom. The minimum atomic E-state index is -0.329. The van der Waals surface area contributed by atoms with E-state index in [-0.39, 0.29) is 17.6 Å². The number of aryl methyl sites for hydroxylation is 1. The number of fused-ring (bicyclic) bond motifs is 1. The van der Waals surface area contributed by atoms with E-state index in [0.29, 0.717) is 30.0 Å². The van der Waals surface area contributed by atoms with Crippen LogP contribution in [0.4, 0.5) is 0 Å². The second-order valence-electron chi connectivity index (χ2n) is 6.89. The largest absolute Gasteiger partial charge is 0.490 e. The molecule has 138 valence electrons. The van der Waals surface area contributed by atoms with E-state index < -0.39 is 0 Å². The summed E-state index contributed by atoms with van der Waals surface area (Å²) in [6.45, 7) is 8.87. The van der Waals surface area contributed by atoms with E-state index in [2.05, 4.69) is 13.5 Å². The van der Waals surface area contributed by atoms with E-state index >= 15 is 0 Å². The Labute approximate surface area is 153 Å². The maximum absolute atomic E-state index is 12.0. The number of rotatable bonds is 5. The van der Waals surface area contributed by atoms with Gasteiger partial charge in [-0.2, -0.15) is 0 Å². The zero-order valence-electron chi connectivity index (χ0n) is 15.4. The lowest BCUT2D eigenvalue weighted by Crippen LogP contribution is -2.42. The summed E-state index contributed by atoms with van der Waals surface area (Å²) in [5.41, 5.74) is 1.81. The van der Waals surface area contributed by atoms with E-state index in [1.807, 2.05) is 17.0 Å². The van der Waals surface area contributed by atoms with Crippen molar-refractivity contribution in [1.29, 1.82) is 0 Å². The van der Waals surface area contributed by atoms with Gasteiger partial charge in [-0.1, -0.05) is 19.9 Å². The third-order valence-electron chi connectivity index (χ3n) is 4.72. The van der Waals surface area contributed by atoms with Gasteiger partial charge in [-0.15, -0.1) is 0 Å². The van der Waals surface area contributed by atoms with Crippen molar-refractivity contribution in [3.8, 4) is 5.75 Å². The smallest absolute Gasteiger partial charge is 0.336 e. The minimum Gasteiger partial charge on any atom is -0.490 e. The Kier molecular flexibility index (Phi) is 5.45. The molecule has 0 saturated carbocycles. The van der Waals surface area contributed by atoms with Gasteiger partial charge in [0.1, 0.15) is 17.4 Å². The van der Waals surface area contributed by atoms with Crippen molar-refractivity contribution in [2.45, 2.75) is 45.6 Å². The van der Waals surface area contributed by atoms with Crippen LogP contribution in [-0.4, -0.2) is 30.0 Å². The van der Waals surface area contributed by atoms with Gasteiger partial charge in [0.2, 0.25) is 5.91 Å². The van der Waals surface area contributed by atoms with Gasteiger partial charge < -0.3 is 14.1 Å². The van der Waals surface area contributed by atoms with Crippen LogP contribution in [0.15, 0.2) is 45.6 Å². The standard InChI is InChI=1S/C21H25NO4/c1-4-5-15-12-20(23)26-19-13-17(6-7-18(15)19)25-16-8-10-22(11-9-16)21(24)14(2)3/h6-7,12-13,16H,2,4-5,8-11H2,1,3H3. The number of nitrogens with zero attached hydrogens (tertiary/aromatic N) is 1. The lowest BCUT2D eigenvalue weighted by Gasteiger charge is -2.32. The number of likely N-dealkylation sites (tertiary alicyclic amines) is 1. The van der Waals surface area contributed by atoms with Gasteiger partial charge in [-0.25, -0.2) is 4.79 Å². The van der Waals surface area contributed by atoms with Gasteiger partial charge in [0.15, 0.2) is 0 Å². The molecule has 1 saturated heterocycles. The van der Waals surface area contributed by atoms with Crippen LogP contribution in [-0.2, 0) is 11.2 Å². The van der Waals surface area contributed by atoms with Gasteiger partial charge in [-0.3, -0.25) is 4.79 Å². The molecule has 0 radical (unpaired) electrons. The molecule has 2 heterocycles. The first-order valence-electron chi connectivity index (χ1n) is 9.16. The van der Waals surface area contributed by atoms with Crippen LogP contribution in [0.25, 0.3) is 11.0 Å². The number of ether oxygens (including phenoxy) is 1. The molecular weight excluding hydrogens is 330 g/mol. The average Bonchev–Trinajstić information content (AvgIpc) is 2.61. The van der Waals surface area contributed by atoms with Crippen molar-refractivity contribution in [2.24, 2.45) is 0 Å². The predicted octanol–water partition coefficient (Wildman–Crippen LogP) is 3.69. The molecule has 5 nitrogen and oxygen atoms in total. The molecule has 1 aliphatic rings. The van der Waals surface area contributed by atoms with E-state index in [1.54, 1.807) is 19.1 Å². The van der Waals surface area contributed by atoms with Gasteiger partial charge in [0.05, 0.1) is 0 Å². The Balaban J connectivity index is 1.71. The zero-order chi connectivity index (χ0) is 18.7. The van der Waals surface area contributed by atoms with Crippen molar-refractivity contribution < 1.29 is 13.9 Å². The molecule has 2 aromatic rings. The van der Waals surface area contributed by atoms with Crippen LogP contribution in [0.5, 0.6) is 5.75 Å². The summed E-state index contributed by atoms with van der Waals surface area (Å²) in [7, 11) is 0. The fourth-order valence-corrected chi connectivity index (χ4v) is 3.40. The molecule has 1 aliphatic heterocycles. The quantitative estimate of drug-likeness (QED) is 0.606. The van der Waals surface area contributed by atoms with Crippen LogP contribution < -0.4 is 10.4 Å². The summed E-state index contributed by atoms with van der Waals surface area (Å²) in [6, 6.07) is 7.24. The normalized spacial score (nSPS) is 15.2. The lowest BCUT2D eigenvalue weighted by molar-refractivity contribution is -0.128. The average molecular weight is 355 g/mol. The number of amides is 1. The summed E-state index contributed by atoms with van der Waals surface area (Å²) >= 11 is 0. The van der Waals surface area contributed by atoms with Gasteiger partial charge in [0.25, 0.3) is 0 Å². The second-order valence-corrected chi connectivity index (χ2v) is 6.89. The molecule has 26 heavy (non-hydrogen) atoms. The Morgan fingerprint density at radius 1 is 1.31 bits per heavy atom. The molecule has 0 unspecified atom stereocenters. The number of hydrogen-bond donors (Lipinski definition) is 0. The van der Waals surface area contributed by atoms with E-state index in [0.717, 1.165) is 36.6 Å². The summed E-state index contributed by atoms with van der Waals surface area (Å²) in [5.74, 6) is 0.707. The molecule has 1 aromatic carbocycles. The topological polar surface area (TPSA) is 59.8 Å². The van der Waals surface area contributed by atoms with Crippen LogP contribution in [0.1, 0.15) is 38.7 Å². The number of carbonyl (C=O) groups is 1. The molecule has 0 aliphatic carbocycles. The van der Waals surface area contributed by atoms with Crippen molar-refractivity contribution in [1.82, 2.24) is 4.90 Å². The highest BCUT2D eigenvalue weighted by Gasteiger charge is 2.24. The number of hydrogen-bond acceptors (Lipinski definition) is 4. The third kappa shape index (κ3) is 3.98. The highest BCUT2D eigenvalue weighted by molar-refractivity contribution is 5.92. The third-order valence-corrected chi connectivity index (χ3v) is 4.72. The van der Waals surface area contributed by atoms with Gasteiger partial charge in [0, 0.05) is 49.0 Å². The first kappa shape index (κ1) is 18.2. The molecule has 0 N–H and O–H groups in total. The summed E-state index contributed by atoms with van der Waals surface area (Å²) in [6.07, 6.45) is 3.41. The molecule has 1 aromatic heterocycles. The Hall–Kier alpha value is -2.56. The lowest BCUT2D eigenvalue weighted by atomic mass is 10.1. The molecule has 0 atom stereocenters. The Morgan fingerprint density at radius 3 is 2.69 bits per heavy atom. The predicted molar refractivity (Wildman–Crippen MR) is 102 cm³/mol. The number of carbonyl (C=O) groups excluding carboxylic acids is 1. The monoisotopic (exact) mass is 355 g/mol. The number of piperidine rings is 1. The zero-order valence-corrected chi connectivity index (χ0v) is 15.4. The van der Waals surface area contributed by atoms with E-state index in [4.69, 9.17) is 9.15 Å². The fourth-order valence-electron chi connectivity index (χ4n) is 3.40. The van der Waals surface area contributed by atoms with Crippen molar-refractivity contribution in [3.05, 3.63) is 52.4 Å². The molecule has 1 amide bonds. The molecule has 5 heteroatoms. The van der Waals surface area contributed by atoms with Crippen LogP contribution >= 0.6 is 0 Å². The molecule has 0 bridgehead atoms. The molecular formula is C21H25NO4. The van der Waals surface area contributed by atoms with Crippen molar-refractivity contribution in [3.63, 3.8) is 0 Å².